The Labute approximate surface area is 200 Å². The van der Waals surface area contributed by atoms with Crippen molar-refractivity contribution in [1.82, 2.24) is 5.32 Å². The highest BCUT2D eigenvalue weighted by Crippen LogP contribution is 2.44. The molecule has 0 aromatic rings. The fourth-order valence-electron chi connectivity index (χ4n) is 6.53. The Kier molecular flexibility index (Phi) is 13.9. The van der Waals surface area contributed by atoms with E-state index in [1.807, 2.05) is 0 Å². The molecule has 2 atom stereocenters. The predicted molar refractivity (Wildman–Crippen MR) is 137 cm³/mol. The van der Waals surface area contributed by atoms with Gasteiger partial charge in [-0.15, -0.1) is 0 Å². The first-order valence-electron chi connectivity index (χ1n) is 14.5. The van der Waals surface area contributed by atoms with Crippen LogP contribution < -0.4 is 5.32 Å². The van der Waals surface area contributed by atoms with E-state index in [1.165, 1.54) is 135 Å². The summed E-state index contributed by atoms with van der Waals surface area (Å²) in [7, 11) is 1.60. The van der Waals surface area contributed by atoms with Crippen molar-refractivity contribution >= 4 is 5.97 Å². The summed E-state index contributed by atoms with van der Waals surface area (Å²) < 4.78 is 5.35. The second kappa shape index (κ2) is 16.1. The van der Waals surface area contributed by atoms with Gasteiger partial charge in [0.1, 0.15) is 0 Å². The molecule has 1 N–H and O–H groups in total. The number of hydrogen-bond acceptors (Lipinski definition) is 3. The minimum atomic E-state index is -0.202. The van der Waals surface area contributed by atoms with E-state index in [-0.39, 0.29) is 11.4 Å². The number of nitrogens with one attached hydrogen (secondary N) is 1. The van der Waals surface area contributed by atoms with E-state index in [0.29, 0.717) is 5.41 Å². The Morgan fingerprint density at radius 2 is 1.19 bits per heavy atom. The summed E-state index contributed by atoms with van der Waals surface area (Å²) in [6.45, 7) is 4.67. The normalized spacial score (nSPS) is 27.7. The molecule has 2 aliphatic carbocycles. The summed E-state index contributed by atoms with van der Waals surface area (Å²) in [5.41, 5.74) is 0.246. The minimum Gasteiger partial charge on any atom is -0.469 e. The molecular weight excluding hydrogens is 394 g/mol. The van der Waals surface area contributed by atoms with Gasteiger partial charge in [-0.25, -0.2) is 0 Å². The Balaban J connectivity index is 1.85. The fraction of sp³-hybridized carbons (Fsp3) is 0.966. The molecule has 0 amide bonds. The lowest BCUT2D eigenvalue weighted by molar-refractivity contribution is -0.155. The highest BCUT2D eigenvalue weighted by molar-refractivity contribution is 5.76. The Morgan fingerprint density at radius 1 is 0.688 bits per heavy atom. The number of ether oxygens (including phenoxy) is 1. The lowest BCUT2D eigenvalue weighted by Gasteiger charge is -2.38. The molecule has 0 saturated heterocycles. The van der Waals surface area contributed by atoms with Crippen LogP contribution in [0.1, 0.15) is 148 Å². The van der Waals surface area contributed by atoms with Crippen LogP contribution in [0.4, 0.5) is 0 Å². The summed E-state index contributed by atoms with van der Waals surface area (Å²) in [5.74, 6) is 0.0794. The molecule has 2 bridgehead atoms. The molecule has 2 rings (SSSR count). The van der Waals surface area contributed by atoms with Gasteiger partial charge in [0.25, 0.3) is 0 Å². The van der Waals surface area contributed by atoms with E-state index in [2.05, 4.69) is 12.2 Å². The number of carbonyl (C=O) groups is 1. The summed E-state index contributed by atoms with van der Waals surface area (Å²) in [4.78, 5) is 12.9. The van der Waals surface area contributed by atoms with Crippen LogP contribution >= 0.6 is 0 Å². The zero-order valence-electron chi connectivity index (χ0n) is 21.8. The third-order valence-electron chi connectivity index (χ3n) is 8.66. The van der Waals surface area contributed by atoms with E-state index in [0.717, 1.165) is 19.3 Å². The number of hydrogen-bond donors (Lipinski definition) is 1. The largest absolute Gasteiger partial charge is 0.469 e. The van der Waals surface area contributed by atoms with E-state index in [1.54, 1.807) is 7.11 Å². The molecule has 0 aromatic carbocycles. The molecule has 2 unspecified atom stereocenters. The summed E-state index contributed by atoms with van der Waals surface area (Å²) in [6, 6.07) is 0. The predicted octanol–water partition coefficient (Wildman–Crippen LogP) is 8.35. The monoisotopic (exact) mass is 449 g/mol. The van der Waals surface area contributed by atoms with Crippen LogP contribution in [-0.4, -0.2) is 26.2 Å². The molecule has 2 aliphatic rings. The SMILES string of the molecule is CCCCCCCCCCNCC12CCCCCCC(C(=O)OC)(CCCCC1)CCC2. The zero-order chi connectivity index (χ0) is 23.0. The minimum absolute atomic E-state index is 0.0794. The van der Waals surface area contributed by atoms with E-state index in [4.69, 9.17) is 4.74 Å². The maximum Gasteiger partial charge on any atom is 0.311 e. The van der Waals surface area contributed by atoms with Gasteiger partial charge in [0.2, 0.25) is 0 Å². The zero-order valence-corrected chi connectivity index (χ0v) is 21.8. The number of fused-ring (bicyclic) bond motifs is 4. The van der Waals surface area contributed by atoms with Crippen LogP contribution in [0.15, 0.2) is 0 Å². The van der Waals surface area contributed by atoms with Crippen LogP contribution in [0.2, 0.25) is 0 Å². The first-order valence-corrected chi connectivity index (χ1v) is 14.5. The molecule has 0 radical (unpaired) electrons. The van der Waals surface area contributed by atoms with Crippen molar-refractivity contribution < 1.29 is 9.53 Å². The lowest BCUT2D eigenvalue weighted by atomic mass is 9.69. The standard InChI is InChI=1S/C29H55NO2/c1-3-4-5-6-7-8-11-17-25-30-26-28-19-13-9-10-15-22-29(24-18-21-28,27(31)32-2)23-16-12-14-20-28/h30H,3-26H2,1-2H3. The van der Waals surface area contributed by atoms with Crippen molar-refractivity contribution in [2.75, 3.05) is 20.2 Å². The van der Waals surface area contributed by atoms with Gasteiger partial charge in [-0.05, 0) is 56.9 Å². The molecule has 3 heteroatoms. The first kappa shape index (κ1) is 27.7. The van der Waals surface area contributed by atoms with E-state index >= 15 is 0 Å². The lowest BCUT2D eigenvalue weighted by Crippen LogP contribution is -2.37. The smallest absolute Gasteiger partial charge is 0.311 e. The first-order chi connectivity index (χ1) is 15.7. The van der Waals surface area contributed by atoms with Gasteiger partial charge in [0.05, 0.1) is 12.5 Å². The van der Waals surface area contributed by atoms with E-state index < -0.39 is 0 Å². The van der Waals surface area contributed by atoms with Crippen LogP contribution in [-0.2, 0) is 9.53 Å². The molecule has 2 saturated carbocycles. The number of rotatable bonds is 12. The van der Waals surface area contributed by atoms with Gasteiger partial charge in [-0.1, -0.05) is 103 Å². The molecule has 0 aliphatic heterocycles. The summed E-state index contributed by atoms with van der Waals surface area (Å²) in [5, 5.41) is 3.90. The van der Waals surface area contributed by atoms with Gasteiger partial charge < -0.3 is 10.1 Å². The molecule has 188 valence electrons. The molecule has 0 heterocycles. The average molecular weight is 450 g/mol. The Hall–Kier alpha value is -0.570. The Bertz CT molecular complexity index is 494. The molecule has 0 aromatic heterocycles. The number of carbonyl (C=O) groups excluding carboxylic acids is 1. The fourth-order valence-corrected chi connectivity index (χ4v) is 6.53. The van der Waals surface area contributed by atoms with Crippen molar-refractivity contribution in [3.63, 3.8) is 0 Å². The number of unbranched alkanes of at least 4 members (excludes halogenated alkanes) is 7. The van der Waals surface area contributed by atoms with Crippen molar-refractivity contribution in [2.45, 2.75) is 148 Å². The van der Waals surface area contributed by atoms with Crippen molar-refractivity contribution in [1.29, 1.82) is 0 Å². The molecule has 0 spiro atoms. The van der Waals surface area contributed by atoms with Crippen LogP contribution in [0, 0.1) is 10.8 Å². The van der Waals surface area contributed by atoms with E-state index in [9.17, 15) is 4.79 Å². The molecule has 2 fully saturated rings. The van der Waals surface area contributed by atoms with Crippen LogP contribution in [0.3, 0.4) is 0 Å². The van der Waals surface area contributed by atoms with Crippen molar-refractivity contribution in [3.05, 3.63) is 0 Å². The Morgan fingerprint density at radius 3 is 1.81 bits per heavy atom. The topological polar surface area (TPSA) is 38.3 Å². The maximum atomic E-state index is 12.9. The van der Waals surface area contributed by atoms with Crippen molar-refractivity contribution in [2.24, 2.45) is 10.8 Å². The third-order valence-corrected chi connectivity index (χ3v) is 8.66. The van der Waals surface area contributed by atoms with Gasteiger partial charge in [0, 0.05) is 6.54 Å². The second-order valence-electron chi connectivity index (χ2n) is 11.3. The van der Waals surface area contributed by atoms with Gasteiger partial charge in [-0.3, -0.25) is 4.79 Å². The third kappa shape index (κ3) is 9.74. The molecular formula is C29H55NO2. The van der Waals surface area contributed by atoms with Gasteiger partial charge in [0.15, 0.2) is 0 Å². The summed E-state index contributed by atoms with van der Waals surface area (Å²) >= 11 is 0. The van der Waals surface area contributed by atoms with Gasteiger partial charge >= 0.3 is 5.97 Å². The molecule has 32 heavy (non-hydrogen) atoms. The average Bonchev–Trinajstić information content (AvgIpc) is 2.83. The number of esters is 1. The highest BCUT2D eigenvalue weighted by Gasteiger charge is 2.40. The quantitative estimate of drug-likeness (QED) is 0.240. The second-order valence-corrected chi connectivity index (χ2v) is 11.3. The van der Waals surface area contributed by atoms with Crippen LogP contribution in [0.25, 0.3) is 0 Å². The van der Waals surface area contributed by atoms with Crippen LogP contribution in [0.5, 0.6) is 0 Å². The van der Waals surface area contributed by atoms with Gasteiger partial charge in [-0.2, -0.15) is 0 Å². The summed E-state index contributed by atoms with van der Waals surface area (Å²) in [6.07, 6.45) is 28.5. The van der Waals surface area contributed by atoms with Crippen molar-refractivity contribution in [3.8, 4) is 0 Å². The number of methoxy groups -OCH3 is 1. The highest BCUT2D eigenvalue weighted by atomic mass is 16.5. The maximum absolute atomic E-state index is 12.9. The molecule has 3 nitrogen and oxygen atoms in total.